The van der Waals surface area contributed by atoms with Crippen molar-refractivity contribution in [2.45, 2.75) is 12.8 Å². The molecule has 0 N–H and O–H groups in total. The zero-order valence-electron chi connectivity index (χ0n) is 10.3. The molecule has 1 aliphatic rings. The van der Waals surface area contributed by atoms with E-state index in [4.69, 9.17) is 0 Å². The predicted molar refractivity (Wildman–Crippen MR) is 70.3 cm³/mol. The number of aromatic nitrogens is 2. The van der Waals surface area contributed by atoms with Gasteiger partial charge in [-0.05, 0) is 30.5 Å². The number of ketones is 1. The molecule has 18 heavy (non-hydrogen) atoms. The number of aryl methyl sites for hydroxylation is 2. The van der Waals surface area contributed by atoms with Crippen LogP contribution in [0.1, 0.15) is 28.0 Å². The van der Waals surface area contributed by atoms with E-state index in [1.165, 1.54) is 0 Å². The molecule has 0 bridgehead atoms. The van der Waals surface area contributed by atoms with Crippen molar-refractivity contribution in [3.05, 3.63) is 58.9 Å². The van der Waals surface area contributed by atoms with E-state index >= 15 is 0 Å². The van der Waals surface area contributed by atoms with Crippen molar-refractivity contribution in [3.8, 4) is 0 Å². The number of hydrogen-bond donors (Lipinski definition) is 0. The third kappa shape index (κ3) is 1.78. The second-order valence-electron chi connectivity index (χ2n) is 4.54. The molecule has 3 heteroatoms. The molecule has 0 saturated carbocycles. The molecule has 2 aromatic rings. The summed E-state index contributed by atoms with van der Waals surface area (Å²) in [6.45, 7) is 0. The van der Waals surface area contributed by atoms with Crippen molar-refractivity contribution >= 4 is 11.9 Å². The Labute approximate surface area is 106 Å². The van der Waals surface area contributed by atoms with Gasteiger partial charge in [0.2, 0.25) is 0 Å². The molecule has 3 rings (SSSR count). The molecular weight excluding hydrogens is 224 g/mol. The van der Waals surface area contributed by atoms with Crippen LogP contribution in [-0.4, -0.2) is 15.6 Å². The maximum absolute atomic E-state index is 12.4. The van der Waals surface area contributed by atoms with Gasteiger partial charge in [-0.1, -0.05) is 24.3 Å². The number of hydrogen-bond acceptors (Lipinski definition) is 2. The van der Waals surface area contributed by atoms with Gasteiger partial charge in [0.15, 0.2) is 5.78 Å². The lowest BCUT2D eigenvalue weighted by Gasteiger charge is -2.17. The van der Waals surface area contributed by atoms with Gasteiger partial charge >= 0.3 is 0 Å². The highest BCUT2D eigenvalue weighted by Gasteiger charge is 2.21. The highest BCUT2D eigenvalue weighted by atomic mass is 16.1. The summed E-state index contributed by atoms with van der Waals surface area (Å²) in [4.78, 5) is 12.4. The summed E-state index contributed by atoms with van der Waals surface area (Å²) >= 11 is 0. The van der Waals surface area contributed by atoms with Crippen LogP contribution in [-0.2, 0) is 13.5 Å². The number of rotatable bonds is 1. The lowest BCUT2D eigenvalue weighted by molar-refractivity contribution is 0.102. The van der Waals surface area contributed by atoms with Crippen molar-refractivity contribution in [3.63, 3.8) is 0 Å². The van der Waals surface area contributed by atoms with Gasteiger partial charge < -0.3 is 0 Å². The summed E-state index contributed by atoms with van der Waals surface area (Å²) in [5.74, 6) is 0.151. The van der Waals surface area contributed by atoms with Crippen molar-refractivity contribution in [1.29, 1.82) is 0 Å². The van der Waals surface area contributed by atoms with E-state index in [0.717, 1.165) is 35.2 Å². The first-order valence-electron chi connectivity index (χ1n) is 6.07. The maximum Gasteiger partial charge on any atom is 0.189 e. The van der Waals surface area contributed by atoms with Crippen LogP contribution in [0.2, 0.25) is 0 Å². The fourth-order valence-electron chi connectivity index (χ4n) is 2.36. The Morgan fingerprint density at radius 3 is 2.83 bits per heavy atom. The third-order valence-corrected chi connectivity index (χ3v) is 3.40. The van der Waals surface area contributed by atoms with Crippen molar-refractivity contribution in [2.75, 3.05) is 0 Å². The molecule has 0 spiro atoms. The molecule has 90 valence electrons. The van der Waals surface area contributed by atoms with Gasteiger partial charge in [-0.3, -0.25) is 9.48 Å². The molecule has 0 fully saturated rings. The molecule has 1 aromatic heterocycles. The first-order chi connectivity index (χ1) is 8.75. The molecule has 0 saturated heterocycles. The number of allylic oxidation sites excluding steroid dienone is 1. The van der Waals surface area contributed by atoms with Crippen LogP contribution in [0.5, 0.6) is 0 Å². The lowest BCUT2D eigenvalue weighted by atomic mass is 9.86. The van der Waals surface area contributed by atoms with Gasteiger partial charge in [0.25, 0.3) is 0 Å². The standard InChI is InChI=1S/C15H14N2O/c1-17-13(8-9-16-17)10-12-7-6-11-4-2-3-5-14(11)15(12)18/h2-5,8-10H,6-7H2,1H3. The number of carbonyl (C=O) groups is 1. The smallest absolute Gasteiger partial charge is 0.189 e. The Balaban J connectivity index is 2.01. The average molecular weight is 238 g/mol. The highest BCUT2D eigenvalue weighted by molar-refractivity contribution is 6.13. The Morgan fingerprint density at radius 1 is 1.22 bits per heavy atom. The van der Waals surface area contributed by atoms with Crippen LogP contribution in [0.4, 0.5) is 0 Å². The molecule has 0 amide bonds. The molecule has 3 nitrogen and oxygen atoms in total. The van der Waals surface area contributed by atoms with Gasteiger partial charge in [0.05, 0.1) is 5.69 Å². The van der Waals surface area contributed by atoms with Crippen LogP contribution in [0.25, 0.3) is 6.08 Å². The SMILES string of the molecule is Cn1nccc1C=C1CCc2ccccc2C1=O. The van der Waals surface area contributed by atoms with Gasteiger partial charge in [-0.25, -0.2) is 0 Å². The lowest BCUT2D eigenvalue weighted by Crippen LogP contribution is -2.14. The summed E-state index contributed by atoms with van der Waals surface area (Å²) in [6.07, 6.45) is 5.44. The summed E-state index contributed by atoms with van der Waals surface area (Å²) in [5, 5.41) is 4.11. The molecule has 1 heterocycles. The molecule has 1 aromatic carbocycles. The largest absolute Gasteiger partial charge is 0.289 e. The van der Waals surface area contributed by atoms with E-state index in [-0.39, 0.29) is 5.78 Å². The number of nitrogens with zero attached hydrogens (tertiary/aromatic N) is 2. The zero-order valence-corrected chi connectivity index (χ0v) is 10.3. The van der Waals surface area contributed by atoms with Crippen LogP contribution >= 0.6 is 0 Å². The van der Waals surface area contributed by atoms with Crippen LogP contribution < -0.4 is 0 Å². The maximum atomic E-state index is 12.4. The molecule has 0 aliphatic heterocycles. The van der Waals surface area contributed by atoms with E-state index in [9.17, 15) is 4.79 Å². The van der Waals surface area contributed by atoms with Gasteiger partial charge in [-0.2, -0.15) is 5.10 Å². The fourth-order valence-corrected chi connectivity index (χ4v) is 2.36. The molecule has 0 unspecified atom stereocenters. The van der Waals surface area contributed by atoms with E-state index in [1.807, 2.05) is 43.5 Å². The Kier molecular flexibility index (Phi) is 2.59. The first-order valence-corrected chi connectivity index (χ1v) is 6.07. The second kappa shape index (κ2) is 4.26. The average Bonchev–Trinajstić information content (AvgIpc) is 2.79. The van der Waals surface area contributed by atoms with E-state index in [0.29, 0.717) is 0 Å². The summed E-state index contributed by atoms with van der Waals surface area (Å²) in [6, 6.07) is 9.77. The molecular formula is C15H14N2O. The number of Topliss-reactive ketones (excluding diaryl/α,β-unsaturated/α-hetero) is 1. The first kappa shape index (κ1) is 11.0. The normalized spacial score (nSPS) is 16.9. The summed E-state index contributed by atoms with van der Waals surface area (Å²) in [7, 11) is 1.88. The van der Waals surface area contributed by atoms with E-state index in [2.05, 4.69) is 5.10 Å². The Bertz CT molecular complexity index is 637. The zero-order chi connectivity index (χ0) is 12.5. The minimum Gasteiger partial charge on any atom is -0.289 e. The Morgan fingerprint density at radius 2 is 2.06 bits per heavy atom. The minimum absolute atomic E-state index is 0.151. The predicted octanol–water partition coefficient (Wildman–Crippen LogP) is 2.63. The topological polar surface area (TPSA) is 34.9 Å². The Hall–Kier alpha value is -2.16. The highest BCUT2D eigenvalue weighted by Crippen LogP contribution is 2.26. The van der Waals surface area contributed by atoms with Crippen molar-refractivity contribution < 1.29 is 4.79 Å². The molecule has 0 atom stereocenters. The van der Waals surface area contributed by atoms with Gasteiger partial charge in [-0.15, -0.1) is 0 Å². The quantitative estimate of drug-likeness (QED) is 0.716. The fraction of sp³-hybridized carbons (Fsp3) is 0.200. The minimum atomic E-state index is 0.151. The van der Waals surface area contributed by atoms with Crippen LogP contribution in [0.15, 0.2) is 42.1 Å². The van der Waals surface area contributed by atoms with Gasteiger partial charge in [0, 0.05) is 24.4 Å². The molecule has 0 radical (unpaired) electrons. The van der Waals surface area contributed by atoms with Crippen molar-refractivity contribution in [1.82, 2.24) is 9.78 Å². The summed E-state index contributed by atoms with van der Waals surface area (Å²) < 4.78 is 1.78. The number of benzene rings is 1. The molecule has 1 aliphatic carbocycles. The summed E-state index contributed by atoms with van der Waals surface area (Å²) in [5.41, 5.74) is 3.84. The third-order valence-electron chi connectivity index (χ3n) is 3.40. The van der Waals surface area contributed by atoms with Crippen molar-refractivity contribution in [2.24, 2.45) is 7.05 Å². The second-order valence-corrected chi connectivity index (χ2v) is 4.54. The van der Waals surface area contributed by atoms with E-state index in [1.54, 1.807) is 10.9 Å². The number of carbonyl (C=O) groups excluding carboxylic acids is 1. The van der Waals surface area contributed by atoms with Crippen LogP contribution in [0, 0.1) is 0 Å². The van der Waals surface area contributed by atoms with Crippen LogP contribution in [0.3, 0.4) is 0 Å². The van der Waals surface area contributed by atoms with E-state index < -0.39 is 0 Å². The van der Waals surface area contributed by atoms with Gasteiger partial charge in [0.1, 0.15) is 0 Å². The number of fused-ring (bicyclic) bond motifs is 1. The monoisotopic (exact) mass is 238 g/mol.